The molecule has 2 rings (SSSR count). The van der Waals surface area contributed by atoms with Crippen molar-refractivity contribution < 1.29 is 36.3 Å². The van der Waals surface area contributed by atoms with E-state index in [0.29, 0.717) is 6.29 Å². The minimum absolute atomic E-state index is 0.139. The highest BCUT2D eigenvalue weighted by Gasteiger charge is 2.31. The highest BCUT2D eigenvalue weighted by Crippen LogP contribution is 2.25. The molecule has 2 aromatic rings. The molecule has 0 bridgehead atoms. The molecule has 0 unspecified atom stereocenters. The van der Waals surface area contributed by atoms with Crippen LogP contribution in [0.1, 0.15) is 20.7 Å². The van der Waals surface area contributed by atoms with E-state index in [9.17, 15) is 31.5 Å². The van der Waals surface area contributed by atoms with Crippen LogP contribution in [0.3, 0.4) is 0 Å². The molecule has 0 N–H and O–H groups in total. The van der Waals surface area contributed by atoms with Crippen molar-refractivity contribution in [3.8, 4) is 5.75 Å². The second-order valence-electron chi connectivity index (χ2n) is 3.99. The molecule has 2 aromatic carbocycles. The van der Waals surface area contributed by atoms with Gasteiger partial charge in [-0.15, -0.1) is 0 Å². The third-order valence-corrected chi connectivity index (χ3v) is 2.66. The number of hydrogen-bond donors (Lipinski definition) is 0. The summed E-state index contributed by atoms with van der Waals surface area (Å²) in [7, 11) is 0. The van der Waals surface area contributed by atoms with Crippen LogP contribution in [0.4, 0.5) is 22.0 Å². The Labute approximate surface area is 119 Å². The lowest BCUT2D eigenvalue weighted by Gasteiger charge is -2.09. The summed E-state index contributed by atoms with van der Waals surface area (Å²) in [6.07, 6.45) is 0.293. The fourth-order valence-corrected chi connectivity index (χ4v) is 1.61. The first-order valence-electron chi connectivity index (χ1n) is 5.66. The number of ether oxygens (including phenoxy) is 1. The maximum Gasteiger partial charge on any atom is 0.349 e. The molecule has 0 saturated carbocycles. The minimum Gasteiger partial charge on any atom is -0.422 e. The molecule has 0 fully saturated rings. The van der Waals surface area contributed by atoms with Crippen LogP contribution >= 0.6 is 0 Å². The minimum atomic E-state index is -2.39. The zero-order valence-electron chi connectivity index (χ0n) is 10.5. The number of aldehydes is 1. The summed E-state index contributed by atoms with van der Waals surface area (Å²) < 4.78 is 70.3. The Morgan fingerprint density at radius 2 is 1.36 bits per heavy atom. The second kappa shape index (κ2) is 5.92. The van der Waals surface area contributed by atoms with Gasteiger partial charge < -0.3 is 4.74 Å². The Balaban J connectivity index is 2.49. The zero-order valence-corrected chi connectivity index (χ0v) is 10.5. The average molecular weight is 316 g/mol. The van der Waals surface area contributed by atoms with E-state index >= 15 is 0 Å². The van der Waals surface area contributed by atoms with Gasteiger partial charge >= 0.3 is 5.97 Å². The first-order chi connectivity index (χ1) is 10.4. The number of carbonyl (C=O) groups is 2. The molecule has 22 heavy (non-hydrogen) atoms. The van der Waals surface area contributed by atoms with Crippen LogP contribution in [-0.4, -0.2) is 12.3 Å². The number of hydrogen-bond acceptors (Lipinski definition) is 3. The van der Waals surface area contributed by atoms with Crippen molar-refractivity contribution in [2.45, 2.75) is 0 Å². The van der Waals surface area contributed by atoms with E-state index in [2.05, 4.69) is 4.74 Å². The van der Waals surface area contributed by atoms with Gasteiger partial charge in [0.1, 0.15) is 11.3 Å². The average Bonchev–Trinajstić information content (AvgIpc) is 2.51. The van der Waals surface area contributed by atoms with Gasteiger partial charge in [-0.1, -0.05) is 12.1 Å². The second-order valence-corrected chi connectivity index (χ2v) is 3.99. The Kier molecular flexibility index (Phi) is 4.20. The number of benzene rings is 2. The maximum absolute atomic E-state index is 13.4. The molecule has 0 radical (unpaired) electrons. The van der Waals surface area contributed by atoms with Gasteiger partial charge in [-0.2, -0.15) is 0 Å². The van der Waals surface area contributed by atoms with Gasteiger partial charge in [0.25, 0.3) is 0 Å². The lowest BCUT2D eigenvalue weighted by molar-refractivity contribution is 0.0719. The van der Waals surface area contributed by atoms with E-state index in [4.69, 9.17) is 0 Å². The molecule has 0 heterocycles. The van der Waals surface area contributed by atoms with Crippen LogP contribution in [0.15, 0.2) is 24.3 Å². The number of para-hydroxylation sites is 1. The summed E-state index contributed by atoms with van der Waals surface area (Å²) in [5.74, 6) is -13.8. The molecule has 3 nitrogen and oxygen atoms in total. The third-order valence-electron chi connectivity index (χ3n) is 2.66. The van der Waals surface area contributed by atoms with Gasteiger partial charge in [-0.05, 0) is 12.1 Å². The molecule has 0 amide bonds. The molecule has 8 heteroatoms. The molecule has 0 saturated heterocycles. The summed E-state index contributed by atoms with van der Waals surface area (Å²) >= 11 is 0. The first-order valence-corrected chi connectivity index (χ1v) is 5.66. The predicted octanol–water partition coefficient (Wildman–Crippen LogP) is 3.41. The Hall–Kier alpha value is -2.77. The first kappa shape index (κ1) is 15.6. The molecule has 114 valence electrons. The Bertz CT molecular complexity index is 744. The quantitative estimate of drug-likeness (QED) is 0.218. The van der Waals surface area contributed by atoms with E-state index < -0.39 is 40.6 Å². The van der Waals surface area contributed by atoms with Gasteiger partial charge in [0.05, 0.1) is 5.56 Å². The third kappa shape index (κ3) is 2.54. The number of carbonyl (C=O) groups excluding carboxylic acids is 2. The molecule has 0 aromatic heterocycles. The highest BCUT2D eigenvalue weighted by atomic mass is 19.2. The SMILES string of the molecule is O=Cc1ccccc1OC(=O)c1c(F)c(F)c(F)c(F)c1F. The lowest BCUT2D eigenvalue weighted by Crippen LogP contribution is -2.18. The lowest BCUT2D eigenvalue weighted by atomic mass is 10.1. The summed E-state index contributed by atoms with van der Waals surface area (Å²) in [6, 6.07) is 5.11. The van der Waals surface area contributed by atoms with Gasteiger partial charge in [-0.3, -0.25) is 4.79 Å². The van der Waals surface area contributed by atoms with Gasteiger partial charge in [0, 0.05) is 0 Å². The number of halogens is 5. The van der Waals surface area contributed by atoms with Crippen molar-refractivity contribution in [1.29, 1.82) is 0 Å². The van der Waals surface area contributed by atoms with Crippen LogP contribution in [0.2, 0.25) is 0 Å². The molecule has 0 aliphatic rings. The zero-order chi connectivity index (χ0) is 16.4. The number of rotatable bonds is 3. The van der Waals surface area contributed by atoms with Gasteiger partial charge in [0.15, 0.2) is 29.6 Å². The van der Waals surface area contributed by atoms with E-state index in [1.165, 1.54) is 18.2 Å². The van der Waals surface area contributed by atoms with Gasteiger partial charge in [-0.25, -0.2) is 26.7 Å². The monoisotopic (exact) mass is 316 g/mol. The fraction of sp³-hybridized carbons (Fsp3) is 0. The normalized spacial score (nSPS) is 10.4. The van der Waals surface area contributed by atoms with E-state index in [-0.39, 0.29) is 11.3 Å². The van der Waals surface area contributed by atoms with Crippen molar-refractivity contribution in [2.75, 3.05) is 0 Å². The molecule has 0 spiro atoms. The summed E-state index contributed by atoms with van der Waals surface area (Å²) in [5.41, 5.74) is -1.88. The summed E-state index contributed by atoms with van der Waals surface area (Å²) in [6.45, 7) is 0. The molecule has 0 aliphatic heterocycles. The topological polar surface area (TPSA) is 43.4 Å². The Morgan fingerprint density at radius 1 is 0.864 bits per heavy atom. The van der Waals surface area contributed by atoms with E-state index in [1.807, 2.05) is 0 Å². The van der Waals surface area contributed by atoms with Crippen molar-refractivity contribution in [2.24, 2.45) is 0 Å². The van der Waals surface area contributed by atoms with Crippen LogP contribution < -0.4 is 4.74 Å². The van der Waals surface area contributed by atoms with Crippen LogP contribution in [-0.2, 0) is 0 Å². The smallest absolute Gasteiger partial charge is 0.349 e. The molecule has 0 atom stereocenters. The predicted molar refractivity (Wildman–Crippen MR) is 63.0 cm³/mol. The summed E-state index contributed by atoms with van der Waals surface area (Å²) in [5, 5.41) is 0. The van der Waals surface area contributed by atoms with Crippen molar-refractivity contribution >= 4 is 12.3 Å². The largest absolute Gasteiger partial charge is 0.422 e. The Morgan fingerprint density at radius 3 is 1.91 bits per heavy atom. The van der Waals surface area contributed by atoms with Crippen LogP contribution in [0.25, 0.3) is 0 Å². The fourth-order valence-electron chi connectivity index (χ4n) is 1.61. The molecular formula is C14H5F5O3. The van der Waals surface area contributed by atoms with Crippen molar-refractivity contribution in [3.63, 3.8) is 0 Å². The standard InChI is InChI=1S/C14H5F5O3/c15-9-8(10(16)12(18)13(19)11(9)17)14(21)22-7-4-2-1-3-6(7)5-20/h1-5H. The van der Waals surface area contributed by atoms with Crippen LogP contribution in [0.5, 0.6) is 5.75 Å². The van der Waals surface area contributed by atoms with Gasteiger partial charge in [0.2, 0.25) is 5.82 Å². The molecule has 0 aliphatic carbocycles. The van der Waals surface area contributed by atoms with Crippen LogP contribution in [0, 0.1) is 29.1 Å². The van der Waals surface area contributed by atoms with E-state index in [0.717, 1.165) is 6.07 Å². The maximum atomic E-state index is 13.4. The van der Waals surface area contributed by atoms with E-state index in [1.54, 1.807) is 0 Å². The number of esters is 1. The van der Waals surface area contributed by atoms with Crippen molar-refractivity contribution in [1.82, 2.24) is 0 Å². The summed E-state index contributed by atoms with van der Waals surface area (Å²) in [4.78, 5) is 22.4. The highest BCUT2D eigenvalue weighted by molar-refractivity contribution is 5.93. The molecular weight excluding hydrogens is 311 g/mol. The van der Waals surface area contributed by atoms with Crippen molar-refractivity contribution in [3.05, 3.63) is 64.5 Å².